The van der Waals surface area contributed by atoms with Gasteiger partial charge in [0.25, 0.3) is 0 Å². The van der Waals surface area contributed by atoms with Crippen molar-refractivity contribution >= 4 is 0 Å². The molecule has 27 heavy (non-hydrogen) atoms. The van der Waals surface area contributed by atoms with E-state index in [1.807, 2.05) is 18.3 Å². The molecule has 0 radical (unpaired) electrons. The monoisotopic (exact) mass is 358 g/mol. The van der Waals surface area contributed by atoms with E-state index in [9.17, 15) is 0 Å². The van der Waals surface area contributed by atoms with Crippen LogP contribution in [0.25, 0.3) is 0 Å². The molecule has 4 rings (SSSR count). The number of nitrogens with one attached hydrogen (secondary N) is 1. The lowest BCUT2D eigenvalue weighted by atomic mass is 9.83. The van der Waals surface area contributed by atoms with Crippen LogP contribution in [0.5, 0.6) is 0 Å². The molecule has 1 N–H and O–H groups in total. The molecule has 3 heteroatoms. The lowest BCUT2D eigenvalue weighted by Crippen LogP contribution is -2.41. The Morgan fingerprint density at radius 1 is 0.852 bits per heavy atom. The maximum Gasteiger partial charge on any atom is 0.0685 e. The molecule has 2 atom stereocenters. The Morgan fingerprint density at radius 2 is 1.52 bits per heavy atom. The van der Waals surface area contributed by atoms with Gasteiger partial charge in [0.1, 0.15) is 0 Å². The van der Waals surface area contributed by atoms with Crippen LogP contribution in [0.15, 0.2) is 85.1 Å². The molecular formula is C24H26N2O. The maximum atomic E-state index is 6.37. The van der Waals surface area contributed by atoms with Crippen LogP contribution in [0, 0.1) is 0 Å². The molecule has 1 fully saturated rings. The van der Waals surface area contributed by atoms with E-state index in [0.717, 1.165) is 31.7 Å². The van der Waals surface area contributed by atoms with E-state index >= 15 is 0 Å². The van der Waals surface area contributed by atoms with Gasteiger partial charge in [-0.1, -0.05) is 66.7 Å². The third-order valence-electron chi connectivity index (χ3n) is 5.30. The predicted octanol–water partition coefficient (Wildman–Crippen LogP) is 4.55. The topological polar surface area (TPSA) is 34.2 Å². The molecule has 0 spiro atoms. The highest BCUT2D eigenvalue weighted by molar-refractivity contribution is 5.34. The fraction of sp³-hybridized carbons (Fsp3) is 0.292. The Hall–Kier alpha value is -2.49. The van der Waals surface area contributed by atoms with Crippen molar-refractivity contribution in [2.45, 2.75) is 37.5 Å². The van der Waals surface area contributed by atoms with Gasteiger partial charge in [-0.3, -0.25) is 4.98 Å². The summed E-state index contributed by atoms with van der Waals surface area (Å²) in [4.78, 5) is 4.38. The van der Waals surface area contributed by atoms with Crippen molar-refractivity contribution in [3.8, 4) is 0 Å². The molecule has 0 unspecified atom stereocenters. The summed E-state index contributed by atoms with van der Waals surface area (Å²) in [7, 11) is 0. The van der Waals surface area contributed by atoms with Crippen LogP contribution in [0.2, 0.25) is 0 Å². The van der Waals surface area contributed by atoms with Crippen LogP contribution in [0.4, 0.5) is 0 Å². The van der Waals surface area contributed by atoms with Crippen molar-refractivity contribution in [1.29, 1.82) is 0 Å². The minimum atomic E-state index is 0.211. The number of hydrogen-bond acceptors (Lipinski definition) is 3. The number of aromatic nitrogens is 1. The first-order valence-corrected chi connectivity index (χ1v) is 9.75. The predicted molar refractivity (Wildman–Crippen MR) is 109 cm³/mol. The van der Waals surface area contributed by atoms with Crippen LogP contribution < -0.4 is 5.32 Å². The first-order chi connectivity index (χ1) is 13.4. The molecule has 0 aliphatic carbocycles. The van der Waals surface area contributed by atoms with Gasteiger partial charge in [0.15, 0.2) is 0 Å². The van der Waals surface area contributed by atoms with E-state index in [4.69, 9.17) is 4.74 Å². The Balaban J connectivity index is 1.41. The van der Waals surface area contributed by atoms with E-state index in [1.54, 1.807) is 0 Å². The fourth-order valence-electron chi connectivity index (χ4n) is 3.89. The van der Waals surface area contributed by atoms with Crippen molar-refractivity contribution < 1.29 is 4.74 Å². The normalized spacial score (nSPS) is 19.9. The first kappa shape index (κ1) is 17.9. The van der Waals surface area contributed by atoms with E-state index in [1.165, 1.54) is 11.1 Å². The SMILES string of the molecule is c1ccc(C(c2ccccc2)[C@@H]2CC[C@H](NCc3ccccn3)CO2)cc1. The fourth-order valence-corrected chi connectivity index (χ4v) is 3.89. The smallest absolute Gasteiger partial charge is 0.0685 e. The van der Waals surface area contributed by atoms with Crippen LogP contribution in [-0.2, 0) is 11.3 Å². The zero-order chi connectivity index (χ0) is 18.3. The molecule has 138 valence electrons. The van der Waals surface area contributed by atoms with Crippen LogP contribution in [-0.4, -0.2) is 23.7 Å². The summed E-state index contributed by atoms with van der Waals surface area (Å²) in [5, 5.41) is 3.59. The zero-order valence-electron chi connectivity index (χ0n) is 15.5. The van der Waals surface area contributed by atoms with Crippen LogP contribution in [0.3, 0.4) is 0 Å². The van der Waals surface area contributed by atoms with Gasteiger partial charge < -0.3 is 10.1 Å². The minimum Gasteiger partial charge on any atom is -0.376 e. The standard InChI is InChI=1S/C24H26N2O/c1-3-9-19(10-4-1)24(20-11-5-2-6-12-20)23-15-14-22(18-27-23)26-17-21-13-7-8-16-25-21/h1-13,16,22-24,26H,14-15,17-18H2/t22-,23-/m0/s1. The third kappa shape index (κ3) is 4.62. The highest BCUT2D eigenvalue weighted by atomic mass is 16.5. The van der Waals surface area contributed by atoms with Gasteiger partial charge in [-0.25, -0.2) is 0 Å². The van der Waals surface area contributed by atoms with Crippen molar-refractivity contribution in [2.75, 3.05) is 6.61 Å². The molecule has 1 aromatic heterocycles. The van der Waals surface area contributed by atoms with Crippen molar-refractivity contribution in [1.82, 2.24) is 10.3 Å². The number of nitrogens with zero attached hydrogens (tertiary/aromatic N) is 1. The van der Waals surface area contributed by atoms with E-state index in [-0.39, 0.29) is 12.0 Å². The van der Waals surface area contributed by atoms with Gasteiger partial charge in [0.05, 0.1) is 18.4 Å². The molecule has 1 aliphatic heterocycles. The molecular weight excluding hydrogens is 332 g/mol. The Morgan fingerprint density at radius 3 is 2.07 bits per heavy atom. The number of pyridine rings is 1. The molecule has 1 saturated heterocycles. The maximum absolute atomic E-state index is 6.37. The summed E-state index contributed by atoms with van der Waals surface area (Å²) in [6.45, 7) is 1.54. The van der Waals surface area contributed by atoms with E-state index in [0.29, 0.717) is 6.04 Å². The van der Waals surface area contributed by atoms with Gasteiger partial charge in [0, 0.05) is 24.7 Å². The third-order valence-corrected chi connectivity index (χ3v) is 5.30. The Labute approximate surface area is 161 Å². The van der Waals surface area contributed by atoms with Crippen LogP contribution >= 0.6 is 0 Å². The molecule has 0 bridgehead atoms. The number of benzene rings is 2. The molecule has 0 amide bonds. The zero-order valence-corrected chi connectivity index (χ0v) is 15.5. The molecule has 2 heterocycles. The number of rotatable bonds is 6. The van der Waals surface area contributed by atoms with Gasteiger partial charge in [-0.05, 0) is 36.1 Å². The summed E-state index contributed by atoms with van der Waals surface area (Å²) < 4.78 is 6.37. The average molecular weight is 358 g/mol. The van der Waals surface area contributed by atoms with Crippen molar-refractivity contribution in [3.05, 3.63) is 102 Å². The molecule has 2 aromatic carbocycles. The van der Waals surface area contributed by atoms with E-state index < -0.39 is 0 Å². The number of ether oxygens (including phenoxy) is 1. The summed E-state index contributed by atoms with van der Waals surface area (Å²) in [6, 6.07) is 27.9. The summed E-state index contributed by atoms with van der Waals surface area (Å²) in [5.41, 5.74) is 3.73. The van der Waals surface area contributed by atoms with Gasteiger partial charge >= 0.3 is 0 Å². The Bertz CT molecular complexity index is 760. The second-order valence-corrected chi connectivity index (χ2v) is 7.15. The van der Waals surface area contributed by atoms with Gasteiger partial charge in [-0.2, -0.15) is 0 Å². The summed E-state index contributed by atoms with van der Waals surface area (Å²) >= 11 is 0. The lowest BCUT2D eigenvalue weighted by molar-refractivity contribution is -0.0117. The molecule has 1 aliphatic rings. The minimum absolute atomic E-state index is 0.211. The largest absolute Gasteiger partial charge is 0.376 e. The molecule has 0 saturated carbocycles. The lowest BCUT2D eigenvalue weighted by Gasteiger charge is -2.35. The second kappa shape index (κ2) is 8.94. The second-order valence-electron chi connectivity index (χ2n) is 7.15. The highest BCUT2D eigenvalue weighted by Crippen LogP contribution is 2.34. The quantitative estimate of drug-likeness (QED) is 0.702. The molecule has 3 aromatic rings. The van der Waals surface area contributed by atoms with Crippen molar-refractivity contribution in [2.24, 2.45) is 0 Å². The van der Waals surface area contributed by atoms with Gasteiger partial charge in [0.2, 0.25) is 0 Å². The van der Waals surface area contributed by atoms with Crippen LogP contribution in [0.1, 0.15) is 35.6 Å². The average Bonchev–Trinajstić information content (AvgIpc) is 2.76. The Kier molecular flexibility index (Phi) is 5.92. The van der Waals surface area contributed by atoms with E-state index in [2.05, 4.69) is 77.0 Å². The summed E-state index contributed by atoms with van der Waals surface area (Å²) in [6.07, 6.45) is 4.22. The van der Waals surface area contributed by atoms with Gasteiger partial charge in [-0.15, -0.1) is 0 Å². The first-order valence-electron chi connectivity index (χ1n) is 9.75. The summed E-state index contributed by atoms with van der Waals surface area (Å²) in [5.74, 6) is 0.282. The molecule has 3 nitrogen and oxygen atoms in total. The number of hydrogen-bond donors (Lipinski definition) is 1. The highest BCUT2D eigenvalue weighted by Gasteiger charge is 2.30. The van der Waals surface area contributed by atoms with Crippen molar-refractivity contribution in [3.63, 3.8) is 0 Å².